The maximum atomic E-state index is 13.5. The molecule has 1 unspecified atom stereocenters. The molecule has 1 heterocycles. The Kier molecular flexibility index (Phi) is 7.96. The number of aryl methyl sites for hydroxylation is 1. The fourth-order valence-corrected chi connectivity index (χ4v) is 3.64. The van der Waals surface area contributed by atoms with Crippen LogP contribution < -0.4 is 10.9 Å². The van der Waals surface area contributed by atoms with Crippen LogP contribution in [0.3, 0.4) is 0 Å². The second kappa shape index (κ2) is 10.9. The minimum absolute atomic E-state index is 0.0502. The number of ether oxygens (including phenoxy) is 1. The first kappa shape index (κ1) is 24.1. The highest BCUT2D eigenvalue weighted by molar-refractivity contribution is 6.04. The van der Waals surface area contributed by atoms with Crippen molar-refractivity contribution < 1.29 is 9.13 Å². The SMILES string of the molecule is C=C(/C(=C(\C)NCC(CC)OC)c1ccc(=O)n(-c2ccccc2C)n1)c1ccc(F)cc1. The van der Waals surface area contributed by atoms with Crippen LogP contribution in [0.15, 0.2) is 77.7 Å². The summed E-state index contributed by atoms with van der Waals surface area (Å²) in [4.78, 5) is 12.7. The van der Waals surface area contributed by atoms with Crippen molar-refractivity contribution in [2.24, 2.45) is 0 Å². The summed E-state index contributed by atoms with van der Waals surface area (Å²) in [6, 6.07) is 17.0. The zero-order chi connectivity index (χ0) is 24.0. The largest absolute Gasteiger partial charge is 0.385 e. The lowest BCUT2D eigenvalue weighted by Gasteiger charge is -2.20. The number of para-hydroxylation sites is 1. The Morgan fingerprint density at radius 2 is 1.85 bits per heavy atom. The predicted molar refractivity (Wildman–Crippen MR) is 132 cm³/mol. The molecule has 172 valence electrons. The van der Waals surface area contributed by atoms with Gasteiger partial charge >= 0.3 is 0 Å². The van der Waals surface area contributed by atoms with Crippen LogP contribution in [0.4, 0.5) is 4.39 Å². The van der Waals surface area contributed by atoms with E-state index in [2.05, 4.69) is 18.8 Å². The number of allylic oxidation sites excluding steroid dienone is 3. The average Bonchev–Trinajstić information content (AvgIpc) is 2.82. The quantitative estimate of drug-likeness (QED) is 0.462. The van der Waals surface area contributed by atoms with Gasteiger partial charge in [-0.15, -0.1) is 0 Å². The summed E-state index contributed by atoms with van der Waals surface area (Å²) in [6.45, 7) is 10.8. The predicted octanol–water partition coefficient (Wildman–Crippen LogP) is 5.14. The fraction of sp³-hybridized carbons (Fsp3) is 0.259. The number of nitrogens with one attached hydrogen (secondary N) is 1. The summed E-state index contributed by atoms with van der Waals surface area (Å²) < 4.78 is 20.4. The first-order chi connectivity index (χ1) is 15.8. The molecule has 0 spiro atoms. The van der Waals surface area contributed by atoms with Gasteiger partial charge in [-0.2, -0.15) is 9.78 Å². The fourth-order valence-electron chi connectivity index (χ4n) is 3.64. The van der Waals surface area contributed by atoms with Gasteiger partial charge in [0.15, 0.2) is 0 Å². The highest BCUT2D eigenvalue weighted by Gasteiger charge is 2.17. The first-order valence-corrected chi connectivity index (χ1v) is 10.9. The van der Waals surface area contributed by atoms with Crippen LogP contribution in [0.2, 0.25) is 0 Å². The van der Waals surface area contributed by atoms with Crippen molar-refractivity contribution in [2.45, 2.75) is 33.3 Å². The highest BCUT2D eigenvalue weighted by atomic mass is 19.1. The van der Waals surface area contributed by atoms with Crippen molar-refractivity contribution in [3.63, 3.8) is 0 Å². The second-order valence-electron chi connectivity index (χ2n) is 7.89. The first-order valence-electron chi connectivity index (χ1n) is 10.9. The van der Waals surface area contributed by atoms with E-state index in [-0.39, 0.29) is 17.5 Å². The van der Waals surface area contributed by atoms with E-state index in [9.17, 15) is 9.18 Å². The lowest BCUT2D eigenvalue weighted by molar-refractivity contribution is 0.101. The Morgan fingerprint density at radius 3 is 2.48 bits per heavy atom. The van der Waals surface area contributed by atoms with E-state index in [0.717, 1.165) is 28.8 Å². The Bertz CT molecular complexity index is 1210. The summed E-state index contributed by atoms with van der Waals surface area (Å²) in [6.07, 6.45) is 0.913. The number of halogens is 1. The van der Waals surface area contributed by atoms with Gasteiger partial charge in [-0.25, -0.2) is 4.39 Å². The van der Waals surface area contributed by atoms with Crippen LogP contribution in [0, 0.1) is 12.7 Å². The summed E-state index contributed by atoms with van der Waals surface area (Å²) in [7, 11) is 1.69. The smallest absolute Gasteiger partial charge is 0.271 e. The Labute approximate surface area is 194 Å². The molecule has 0 aliphatic rings. The van der Waals surface area contributed by atoms with Crippen LogP contribution in [-0.4, -0.2) is 29.5 Å². The molecule has 1 aromatic heterocycles. The van der Waals surface area contributed by atoms with Gasteiger partial charge in [-0.1, -0.05) is 43.8 Å². The molecule has 0 radical (unpaired) electrons. The van der Waals surface area contributed by atoms with Gasteiger partial charge in [-0.3, -0.25) is 4.79 Å². The topological polar surface area (TPSA) is 56.1 Å². The molecule has 6 heteroatoms. The minimum atomic E-state index is -0.316. The van der Waals surface area contributed by atoms with Gasteiger partial charge < -0.3 is 10.1 Å². The molecule has 1 atom stereocenters. The molecule has 0 bridgehead atoms. The zero-order valence-corrected chi connectivity index (χ0v) is 19.6. The van der Waals surface area contributed by atoms with Gasteiger partial charge in [0.25, 0.3) is 5.56 Å². The summed E-state index contributed by atoms with van der Waals surface area (Å²) in [5.74, 6) is -0.316. The second-order valence-corrected chi connectivity index (χ2v) is 7.89. The van der Waals surface area contributed by atoms with Crippen molar-refractivity contribution in [1.29, 1.82) is 0 Å². The number of benzene rings is 2. The molecular weight excluding hydrogens is 417 g/mol. The lowest BCUT2D eigenvalue weighted by Crippen LogP contribution is -2.28. The van der Waals surface area contributed by atoms with Crippen LogP contribution in [0.1, 0.15) is 37.1 Å². The molecule has 0 saturated carbocycles. The molecular formula is C27H30FN3O2. The molecule has 0 aliphatic heterocycles. The third-order valence-corrected chi connectivity index (χ3v) is 5.65. The van der Waals surface area contributed by atoms with E-state index in [1.165, 1.54) is 22.9 Å². The number of nitrogens with zero attached hydrogens (tertiary/aromatic N) is 2. The van der Waals surface area contributed by atoms with Crippen molar-refractivity contribution in [2.75, 3.05) is 13.7 Å². The maximum Gasteiger partial charge on any atom is 0.271 e. The molecule has 0 aliphatic carbocycles. The molecule has 2 aromatic carbocycles. The third-order valence-electron chi connectivity index (χ3n) is 5.65. The molecule has 1 N–H and O–H groups in total. The molecule has 5 nitrogen and oxygen atoms in total. The Balaban J connectivity index is 2.13. The number of hydrogen-bond acceptors (Lipinski definition) is 4. The Hall–Kier alpha value is -3.51. The van der Waals surface area contributed by atoms with Crippen LogP contribution in [0.5, 0.6) is 0 Å². The summed E-state index contributed by atoms with van der Waals surface area (Å²) in [5, 5.41) is 8.12. The lowest BCUT2D eigenvalue weighted by atomic mass is 9.95. The normalized spacial score (nSPS) is 12.8. The number of methoxy groups -OCH3 is 1. The van der Waals surface area contributed by atoms with Crippen LogP contribution in [0.25, 0.3) is 16.8 Å². The highest BCUT2D eigenvalue weighted by Crippen LogP contribution is 2.31. The van der Waals surface area contributed by atoms with E-state index < -0.39 is 0 Å². The molecule has 3 rings (SSSR count). The van der Waals surface area contributed by atoms with E-state index >= 15 is 0 Å². The van der Waals surface area contributed by atoms with Crippen molar-refractivity contribution in [3.05, 3.63) is 106 Å². The number of rotatable bonds is 9. The summed E-state index contributed by atoms with van der Waals surface area (Å²) >= 11 is 0. The monoisotopic (exact) mass is 447 g/mol. The van der Waals surface area contributed by atoms with E-state index in [0.29, 0.717) is 23.5 Å². The number of aromatic nitrogens is 2. The zero-order valence-electron chi connectivity index (χ0n) is 19.6. The van der Waals surface area contributed by atoms with Crippen molar-refractivity contribution in [1.82, 2.24) is 15.1 Å². The third kappa shape index (κ3) is 5.65. The van der Waals surface area contributed by atoms with Gasteiger partial charge in [0.2, 0.25) is 0 Å². The minimum Gasteiger partial charge on any atom is -0.385 e. The van der Waals surface area contributed by atoms with Crippen molar-refractivity contribution in [3.8, 4) is 5.69 Å². The van der Waals surface area contributed by atoms with Crippen LogP contribution in [-0.2, 0) is 4.74 Å². The van der Waals surface area contributed by atoms with Gasteiger partial charge in [0, 0.05) is 31.0 Å². The molecule has 3 aromatic rings. The van der Waals surface area contributed by atoms with Crippen LogP contribution >= 0.6 is 0 Å². The van der Waals surface area contributed by atoms with E-state index in [1.54, 1.807) is 25.3 Å². The molecule has 0 saturated heterocycles. The van der Waals surface area contributed by atoms with Gasteiger partial charge in [0.1, 0.15) is 5.82 Å². The molecule has 0 fully saturated rings. The molecule has 0 amide bonds. The Morgan fingerprint density at radius 1 is 1.15 bits per heavy atom. The molecule has 33 heavy (non-hydrogen) atoms. The van der Waals surface area contributed by atoms with Gasteiger partial charge in [0.05, 0.1) is 17.5 Å². The van der Waals surface area contributed by atoms with E-state index in [4.69, 9.17) is 9.84 Å². The van der Waals surface area contributed by atoms with Crippen molar-refractivity contribution >= 4 is 11.1 Å². The average molecular weight is 448 g/mol. The summed E-state index contributed by atoms with van der Waals surface area (Å²) in [5.41, 5.74) is 5.03. The van der Waals surface area contributed by atoms with Gasteiger partial charge in [-0.05, 0) is 61.2 Å². The number of hydrogen-bond donors (Lipinski definition) is 1. The maximum absolute atomic E-state index is 13.5. The standard InChI is InChI=1S/C27H30FN3O2/c1-6-23(33-5)17-29-20(4)27(19(3)21-11-13-22(28)14-12-21)24-15-16-26(32)31(30-24)25-10-8-7-9-18(25)2/h7-16,23,29H,3,6,17H2,1-2,4-5H3/b27-20-. The van der Waals surface area contributed by atoms with E-state index in [1.807, 2.05) is 38.1 Å².